The van der Waals surface area contributed by atoms with Crippen molar-refractivity contribution in [1.29, 1.82) is 0 Å². The zero-order chi connectivity index (χ0) is 12.9. The van der Waals surface area contributed by atoms with Gasteiger partial charge in [-0.1, -0.05) is 0 Å². The lowest BCUT2D eigenvalue weighted by Crippen LogP contribution is -2.23. The maximum absolute atomic E-state index is 13.1. The molecule has 1 heterocycles. The number of hydrogen-bond acceptors (Lipinski definition) is 3. The van der Waals surface area contributed by atoms with E-state index < -0.39 is 52.1 Å². The van der Waals surface area contributed by atoms with Gasteiger partial charge >= 0.3 is 0 Å². The first-order chi connectivity index (χ1) is 7.86. The number of hydrogen-bond donors (Lipinski definition) is 0. The Morgan fingerprint density at radius 2 is 1.29 bits per heavy atom. The molecule has 0 saturated heterocycles. The molecular weight excluding hydrogens is 249 g/mol. The summed E-state index contributed by atoms with van der Waals surface area (Å²) in [6.45, 7) is 0. The van der Waals surface area contributed by atoms with E-state index in [1.807, 2.05) is 0 Å². The summed E-state index contributed by atoms with van der Waals surface area (Å²) in [6.07, 6.45) is 0. The number of aromatic nitrogens is 1. The molecule has 2 rings (SSSR count). The highest BCUT2D eigenvalue weighted by atomic mass is 19.2. The fourth-order valence-corrected chi connectivity index (χ4v) is 1.29. The second kappa shape index (κ2) is 3.44. The number of carbonyl (C=O) groups excluding carboxylic acids is 2. The zero-order valence-corrected chi connectivity index (χ0v) is 7.65. The molecule has 0 saturated carbocycles. The van der Waals surface area contributed by atoms with Gasteiger partial charge in [-0.2, -0.15) is 17.6 Å². The van der Waals surface area contributed by atoms with Crippen molar-refractivity contribution >= 4 is 11.6 Å². The molecule has 88 valence electrons. The molecule has 1 aromatic heterocycles. The molecule has 0 radical (unpaired) electrons. The number of pyridine rings is 1. The number of fused-ring (bicyclic) bond motifs is 1. The van der Waals surface area contributed by atoms with Gasteiger partial charge in [0.2, 0.25) is 29.0 Å². The molecule has 8 heteroatoms. The summed E-state index contributed by atoms with van der Waals surface area (Å²) in [7, 11) is 0. The molecule has 0 bridgehead atoms. The Hall–Kier alpha value is -2.12. The van der Waals surface area contributed by atoms with Gasteiger partial charge in [0.1, 0.15) is 5.69 Å². The van der Waals surface area contributed by atoms with Crippen molar-refractivity contribution in [3.8, 4) is 0 Å². The number of Topliss-reactive ketones (excluding diaryl/α,β-unsaturated/α-hetero) is 2. The van der Waals surface area contributed by atoms with Crippen LogP contribution in [0.1, 0.15) is 20.8 Å². The van der Waals surface area contributed by atoms with Crippen molar-refractivity contribution in [2.45, 2.75) is 0 Å². The smallest absolute Gasteiger partial charge is 0.252 e. The number of allylic oxidation sites excluding steroid dienone is 2. The molecule has 3 nitrogen and oxygen atoms in total. The van der Waals surface area contributed by atoms with Crippen molar-refractivity contribution in [3.05, 3.63) is 40.5 Å². The fraction of sp³-hybridized carbons (Fsp3) is 0. The van der Waals surface area contributed by atoms with E-state index in [1.54, 1.807) is 0 Å². The van der Waals surface area contributed by atoms with Crippen LogP contribution < -0.4 is 0 Å². The number of halogens is 5. The van der Waals surface area contributed by atoms with E-state index in [1.165, 1.54) is 0 Å². The van der Waals surface area contributed by atoms with Gasteiger partial charge in [0.05, 0.1) is 5.56 Å². The number of rotatable bonds is 0. The van der Waals surface area contributed by atoms with Crippen LogP contribution in [0.4, 0.5) is 22.0 Å². The van der Waals surface area contributed by atoms with E-state index in [4.69, 9.17) is 0 Å². The van der Waals surface area contributed by atoms with Crippen molar-refractivity contribution in [3.63, 3.8) is 0 Å². The van der Waals surface area contributed by atoms with E-state index in [0.717, 1.165) is 0 Å². The number of nitrogens with zero attached hydrogens (tertiary/aromatic N) is 1. The maximum atomic E-state index is 13.1. The largest absolute Gasteiger partial charge is 0.286 e. The van der Waals surface area contributed by atoms with Crippen LogP contribution in [0, 0.1) is 17.6 Å². The molecule has 1 aliphatic carbocycles. The topological polar surface area (TPSA) is 47.0 Å². The molecule has 0 atom stereocenters. The van der Waals surface area contributed by atoms with E-state index >= 15 is 0 Å². The minimum absolute atomic E-state index is 1.29. The van der Waals surface area contributed by atoms with Crippen LogP contribution in [0.15, 0.2) is 11.7 Å². The monoisotopic (exact) mass is 249 g/mol. The van der Waals surface area contributed by atoms with Crippen LogP contribution in [0.5, 0.6) is 0 Å². The van der Waals surface area contributed by atoms with E-state index in [2.05, 4.69) is 4.98 Å². The third kappa shape index (κ3) is 1.37. The third-order valence-corrected chi connectivity index (χ3v) is 2.07. The highest BCUT2D eigenvalue weighted by Crippen LogP contribution is 2.29. The first kappa shape index (κ1) is 11.4. The summed E-state index contributed by atoms with van der Waals surface area (Å²) in [6, 6.07) is 0. The lowest BCUT2D eigenvalue weighted by Gasteiger charge is -2.12. The van der Waals surface area contributed by atoms with Crippen molar-refractivity contribution in [1.82, 2.24) is 4.98 Å². The van der Waals surface area contributed by atoms with Crippen molar-refractivity contribution < 1.29 is 31.5 Å². The van der Waals surface area contributed by atoms with Crippen molar-refractivity contribution in [2.75, 3.05) is 0 Å². The molecule has 17 heavy (non-hydrogen) atoms. The lowest BCUT2D eigenvalue weighted by molar-refractivity contribution is 0.0921. The van der Waals surface area contributed by atoms with Gasteiger partial charge in [-0.05, 0) is 0 Å². The van der Waals surface area contributed by atoms with Crippen molar-refractivity contribution in [2.24, 2.45) is 0 Å². The summed E-state index contributed by atoms with van der Waals surface area (Å²) >= 11 is 0. The van der Waals surface area contributed by atoms with E-state index in [9.17, 15) is 31.5 Å². The summed E-state index contributed by atoms with van der Waals surface area (Å²) in [4.78, 5) is 24.7. The maximum Gasteiger partial charge on any atom is 0.252 e. The average molecular weight is 249 g/mol. The molecule has 0 unspecified atom stereocenters. The molecule has 0 N–H and O–H groups in total. The lowest BCUT2D eigenvalue weighted by atomic mass is 9.97. The van der Waals surface area contributed by atoms with Gasteiger partial charge in [-0.25, -0.2) is 9.37 Å². The second-order valence-corrected chi connectivity index (χ2v) is 3.04. The van der Waals surface area contributed by atoms with Crippen LogP contribution in [0.2, 0.25) is 0 Å². The summed E-state index contributed by atoms with van der Waals surface area (Å²) in [5.41, 5.74) is -2.70. The molecule has 0 aromatic carbocycles. The standard InChI is InChI=1S/C9F5NO2/c10-2-1-6(15-9(14)5(2)13)8(17)4(12)3(11)7(1)16. The summed E-state index contributed by atoms with van der Waals surface area (Å²) in [5, 5.41) is 0. The number of ketones is 2. The summed E-state index contributed by atoms with van der Waals surface area (Å²) < 4.78 is 64.2. The molecule has 1 aliphatic rings. The summed E-state index contributed by atoms with van der Waals surface area (Å²) in [5.74, 6) is -14.2. The highest BCUT2D eigenvalue weighted by Gasteiger charge is 2.39. The van der Waals surface area contributed by atoms with Crippen LogP contribution >= 0.6 is 0 Å². The van der Waals surface area contributed by atoms with Crippen LogP contribution in [-0.4, -0.2) is 16.6 Å². The third-order valence-electron chi connectivity index (χ3n) is 2.07. The first-order valence-electron chi connectivity index (χ1n) is 4.05. The van der Waals surface area contributed by atoms with Crippen LogP contribution in [0.3, 0.4) is 0 Å². The second-order valence-electron chi connectivity index (χ2n) is 3.04. The van der Waals surface area contributed by atoms with Gasteiger partial charge in [0, 0.05) is 0 Å². The molecule has 0 amide bonds. The predicted octanol–water partition coefficient (Wildman–Crippen LogP) is 2.03. The van der Waals surface area contributed by atoms with Gasteiger partial charge in [0.25, 0.3) is 5.95 Å². The number of carbonyl (C=O) groups is 2. The first-order valence-corrected chi connectivity index (χ1v) is 4.05. The van der Waals surface area contributed by atoms with Gasteiger partial charge in [-0.15, -0.1) is 0 Å². The Morgan fingerprint density at radius 1 is 0.765 bits per heavy atom. The Balaban J connectivity index is 2.86. The Kier molecular flexibility index (Phi) is 2.30. The van der Waals surface area contributed by atoms with Gasteiger partial charge in [0.15, 0.2) is 5.82 Å². The zero-order valence-electron chi connectivity index (χ0n) is 7.65. The van der Waals surface area contributed by atoms with E-state index in [0.29, 0.717) is 0 Å². The average Bonchev–Trinajstić information content (AvgIpc) is 2.30. The SMILES string of the molecule is O=C1C(F)=C(F)C(=O)c2c1nc(F)c(F)c2F. The minimum atomic E-state index is -2.16. The van der Waals surface area contributed by atoms with Gasteiger partial charge < -0.3 is 0 Å². The quantitative estimate of drug-likeness (QED) is 0.522. The van der Waals surface area contributed by atoms with E-state index in [-0.39, 0.29) is 0 Å². The van der Waals surface area contributed by atoms with Gasteiger partial charge in [-0.3, -0.25) is 9.59 Å². The Morgan fingerprint density at radius 3 is 1.88 bits per heavy atom. The molecule has 0 spiro atoms. The van der Waals surface area contributed by atoms with Crippen LogP contribution in [0.25, 0.3) is 0 Å². The Bertz CT molecular complexity index is 608. The fourth-order valence-electron chi connectivity index (χ4n) is 1.29. The Labute approximate surface area is 89.6 Å². The molecule has 0 fully saturated rings. The van der Waals surface area contributed by atoms with Crippen LogP contribution in [-0.2, 0) is 0 Å². The molecule has 1 aromatic rings. The minimum Gasteiger partial charge on any atom is -0.286 e. The molecular formula is C9F5NO2. The molecule has 0 aliphatic heterocycles. The predicted molar refractivity (Wildman–Crippen MR) is 42.0 cm³/mol. The highest BCUT2D eigenvalue weighted by molar-refractivity contribution is 6.24. The normalized spacial score (nSPS) is 15.4.